The highest BCUT2D eigenvalue weighted by atomic mass is 19.4. The van der Waals surface area contributed by atoms with Crippen LogP contribution in [0.4, 0.5) is 22.0 Å². The van der Waals surface area contributed by atoms with Crippen molar-refractivity contribution in [1.82, 2.24) is 25.3 Å². The normalized spacial score (nSPS) is 20.7. The van der Waals surface area contributed by atoms with Crippen molar-refractivity contribution in [1.29, 1.82) is 0 Å². The number of nitrogens with zero attached hydrogens (tertiary/aromatic N) is 3. The molecule has 2 N–H and O–H groups in total. The van der Waals surface area contributed by atoms with E-state index in [1.54, 1.807) is 4.68 Å². The molecule has 1 saturated heterocycles. The van der Waals surface area contributed by atoms with Crippen LogP contribution in [0.25, 0.3) is 11.3 Å². The number of hydrogen-bond acceptors (Lipinski definition) is 4. The highest BCUT2D eigenvalue weighted by molar-refractivity contribution is 5.94. The van der Waals surface area contributed by atoms with Crippen molar-refractivity contribution in [2.24, 2.45) is 0 Å². The molecule has 1 aromatic heterocycles. The van der Waals surface area contributed by atoms with E-state index in [9.17, 15) is 31.5 Å². The van der Waals surface area contributed by atoms with E-state index in [0.717, 1.165) is 64.1 Å². The van der Waals surface area contributed by atoms with Gasteiger partial charge < -0.3 is 15.5 Å². The molecule has 1 aromatic carbocycles. The predicted octanol–water partition coefficient (Wildman–Crippen LogP) is 5.96. The molecule has 2 aromatic rings. The maximum Gasteiger partial charge on any atom is 0.417 e. The van der Waals surface area contributed by atoms with Gasteiger partial charge in [0.1, 0.15) is 0 Å². The van der Waals surface area contributed by atoms with E-state index in [1.165, 1.54) is 24.3 Å². The zero-order valence-electron chi connectivity index (χ0n) is 23.6. The molecule has 5 rings (SSSR count). The van der Waals surface area contributed by atoms with Crippen molar-refractivity contribution in [2.45, 2.75) is 101 Å². The summed E-state index contributed by atoms with van der Waals surface area (Å²) in [5, 5.41) is 10.0. The standard InChI is InChI=1S/C30H38F5N5O2/c31-29(32)18-21(19-29)36-27(41)16-20(12-15-39-13-6-1-7-14-39)37-28(42)25-17-26(40(38-25)22-8-2-3-9-22)23-10-4-5-11-24(23)30(33,34)35/h4-5,10-11,17,20-22H,1-3,6-9,12-16,18-19H2,(H,36,41)(H,37,42)/t20-/m0/s1. The van der Waals surface area contributed by atoms with Gasteiger partial charge in [-0.2, -0.15) is 18.3 Å². The van der Waals surface area contributed by atoms with Crippen molar-refractivity contribution in [3.63, 3.8) is 0 Å². The van der Waals surface area contributed by atoms with Gasteiger partial charge >= 0.3 is 6.18 Å². The Kier molecular flexibility index (Phi) is 9.20. The van der Waals surface area contributed by atoms with Gasteiger partial charge in [-0.3, -0.25) is 14.3 Å². The van der Waals surface area contributed by atoms with Crippen LogP contribution >= 0.6 is 0 Å². The van der Waals surface area contributed by atoms with E-state index in [4.69, 9.17) is 0 Å². The molecule has 2 amide bonds. The minimum atomic E-state index is -4.58. The first kappa shape index (κ1) is 30.4. The summed E-state index contributed by atoms with van der Waals surface area (Å²) in [5.41, 5.74) is -0.625. The van der Waals surface area contributed by atoms with Crippen LogP contribution in [0.3, 0.4) is 0 Å². The van der Waals surface area contributed by atoms with E-state index in [0.29, 0.717) is 13.0 Å². The van der Waals surface area contributed by atoms with E-state index in [1.807, 2.05) is 0 Å². The summed E-state index contributed by atoms with van der Waals surface area (Å²) in [7, 11) is 0. The Bertz CT molecular complexity index is 1240. The van der Waals surface area contributed by atoms with Gasteiger partial charge in [-0.1, -0.05) is 37.5 Å². The third-order valence-corrected chi connectivity index (χ3v) is 8.61. The van der Waals surface area contributed by atoms with Crippen molar-refractivity contribution in [2.75, 3.05) is 19.6 Å². The van der Waals surface area contributed by atoms with Crippen molar-refractivity contribution < 1.29 is 31.5 Å². The molecule has 0 unspecified atom stereocenters. The summed E-state index contributed by atoms with van der Waals surface area (Å²) in [6.07, 6.45) is 1.67. The Morgan fingerprint density at radius 3 is 2.38 bits per heavy atom. The SMILES string of the molecule is O=C(C[C@H](CCN1CCCCC1)NC(=O)c1cc(-c2ccccc2C(F)(F)F)n(C2CCCC2)n1)NC1CC(F)(F)C1. The summed E-state index contributed by atoms with van der Waals surface area (Å²) in [6, 6.07) is 5.37. The molecule has 0 radical (unpaired) electrons. The van der Waals surface area contributed by atoms with Gasteiger partial charge in [-0.25, -0.2) is 8.78 Å². The van der Waals surface area contributed by atoms with Crippen LogP contribution in [-0.4, -0.2) is 64.1 Å². The third kappa shape index (κ3) is 7.48. The van der Waals surface area contributed by atoms with Crippen molar-refractivity contribution >= 4 is 11.8 Å². The predicted molar refractivity (Wildman–Crippen MR) is 147 cm³/mol. The lowest BCUT2D eigenvalue weighted by molar-refractivity contribution is -0.137. The first-order valence-corrected chi connectivity index (χ1v) is 14.9. The molecule has 3 aliphatic rings. The number of alkyl halides is 5. The number of carbonyl (C=O) groups excluding carboxylic acids is 2. The summed E-state index contributed by atoms with van der Waals surface area (Å²) in [4.78, 5) is 28.5. The summed E-state index contributed by atoms with van der Waals surface area (Å²) in [5.74, 6) is -3.76. The molecule has 12 heteroatoms. The van der Waals surface area contributed by atoms with Gasteiger partial charge in [0, 0.05) is 43.5 Å². The molecule has 1 atom stereocenters. The minimum Gasteiger partial charge on any atom is -0.353 e. The number of carbonyl (C=O) groups is 2. The zero-order valence-corrected chi connectivity index (χ0v) is 23.6. The van der Waals surface area contributed by atoms with Crippen LogP contribution in [0.2, 0.25) is 0 Å². The largest absolute Gasteiger partial charge is 0.417 e. The number of nitrogens with one attached hydrogen (secondary N) is 2. The van der Waals surface area contributed by atoms with Gasteiger partial charge in [0.2, 0.25) is 5.91 Å². The second kappa shape index (κ2) is 12.7. The molecule has 230 valence electrons. The topological polar surface area (TPSA) is 79.3 Å². The number of aromatic nitrogens is 2. The maximum absolute atomic E-state index is 13.9. The highest BCUT2D eigenvalue weighted by Crippen LogP contribution is 2.40. The summed E-state index contributed by atoms with van der Waals surface area (Å²) in [6.45, 7) is 2.51. The number of piperidine rings is 1. The fraction of sp³-hybridized carbons (Fsp3) is 0.633. The molecule has 2 heterocycles. The number of amides is 2. The van der Waals surface area contributed by atoms with Crippen LogP contribution in [0, 0.1) is 0 Å². The van der Waals surface area contributed by atoms with Gasteiger partial charge in [0.15, 0.2) is 5.69 Å². The zero-order chi connectivity index (χ0) is 29.9. The van der Waals surface area contributed by atoms with Crippen LogP contribution < -0.4 is 10.6 Å². The number of likely N-dealkylation sites (tertiary alicyclic amines) is 1. The van der Waals surface area contributed by atoms with Crippen LogP contribution in [0.15, 0.2) is 30.3 Å². The number of benzene rings is 1. The average Bonchev–Trinajstić information content (AvgIpc) is 3.61. The maximum atomic E-state index is 13.9. The van der Waals surface area contributed by atoms with Gasteiger partial charge in [-0.15, -0.1) is 0 Å². The van der Waals surface area contributed by atoms with Crippen LogP contribution in [-0.2, 0) is 11.0 Å². The van der Waals surface area contributed by atoms with Gasteiger partial charge in [-0.05, 0) is 57.3 Å². The van der Waals surface area contributed by atoms with E-state index < -0.39 is 54.4 Å². The lowest BCUT2D eigenvalue weighted by Gasteiger charge is -2.35. The van der Waals surface area contributed by atoms with Crippen LogP contribution in [0.1, 0.15) is 92.7 Å². The third-order valence-electron chi connectivity index (χ3n) is 8.61. The fourth-order valence-electron chi connectivity index (χ4n) is 6.37. The Morgan fingerprint density at radius 1 is 1.02 bits per heavy atom. The monoisotopic (exact) mass is 595 g/mol. The quantitative estimate of drug-likeness (QED) is 0.332. The number of halogens is 5. The second-order valence-electron chi connectivity index (χ2n) is 11.9. The first-order chi connectivity index (χ1) is 20.0. The van der Waals surface area contributed by atoms with E-state index in [-0.39, 0.29) is 29.4 Å². The molecular weight excluding hydrogens is 557 g/mol. The first-order valence-electron chi connectivity index (χ1n) is 14.9. The van der Waals surface area contributed by atoms with Crippen molar-refractivity contribution in [3.05, 3.63) is 41.6 Å². The number of rotatable bonds is 10. The Morgan fingerprint density at radius 2 is 1.71 bits per heavy atom. The molecule has 1 aliphatic heterocycles. The molecule has 42 heavy (non-hydrogen) atoms. The van der Waals surface area contributed by atoms with Gasteiger partial charge in [0.05, 0.1) is 17.3 Å². The van der Waals surface area contributed by atoms with Crippen LogP contribution in [0.5, 0.6) is 0 Å². The Labute approximate surface area is 242 Å². The molecule has 0 bridgehead atoms. The van der Waals surface area contributed by atoms with E-state index in [2.05, 4.69) is 20.6 Å². The van der Waals surface area contributed by atoms with Crippen molar-refractivity contribution in [3.8, 4) is 11.3 Å². The van der Waals surface area contributed by atoms with Gasteiger partial charge in [0.25, 0.3) is 11.8 Å². The average molecular weight is 596 g/mol. The summed E-state index contributed by atoms with van der Waals surface area (Å²) < 4.78 is 69.8. The molecule has 2 saturated carbocycles. The van der Waals surface area contributed by atoms with E-state index >= 15 is 0 Å². The highest BCUT2D eigenvalue weighted by Gasteiger charge is 2.46. The number of hydrogen-bond donors (Lipinski definition) is 2. The molecule has 2 aliphatic carbocycles. The minimum absolute atomic E-state index is 0.0177. The smallest absolute Gasteiger partial charge is 0.353 e. The molecule has 3 fully saturated rings. The molecular formula is C30H38F5N5O2. The molecule has 0 spiro atoms. The molecule has 7 nitrogen and oxygen atoms in total. The second-order valence-corrected chi connectivity index (χ2v) is 11.9. The lowest BCUT2D eigenvalue weighted by atomic mass is 9.88. The Balaban J connectivity index is 1.35. The summed E-state index contributed by atoms with van der Waals surface area (Å²) >= 11 is 0. The fourth-order valence-corrected chi connectivity index (χ4v) is 6.37. The Hall–Kier alpha value is -3.02. The lowest BCUT2D eigenvalue weighted by Crippen LogP contribution is -2.51.